The quantitative estimate of drug-likeness (QED) is 0.940. The van der Waals surface area contributed by atoms with E-state index in [1.165, 1.54) is 7.11 Å². The molecule has 0 bridgehead atoms. The third kappa shape index (κ3) is 3.31. The summed E-state index contributed by atoms with van der Waals surface area (Å²) in [6, 6.07) is 16.4. The molecule has 124 valence electrons. The first kappa shape index (κ1) is 16.2. The van der Waals surface area contributed by atoms with Crippen LogP contribution >= 0.6 is 0 Å². The molecular formula is C19H20N2O3. The molecule has 0 radical (unpaired) electrons. The van der Waals surface area contributed by atoms with Crippen molar-refractivity contribution < 1.29 is 14.3 Å². The lowest BCUT2D eigenvalue weighted by atomic mass is 9.95. The van der Waals surface area contributed by atoms with Crippen LogP contribution in [-0.2, 0) is 20.7 Å². The number of anilines is 2. The molecule has 1 atom stereocenters. The van der Waals surface area contributed by atoms with Gasteiger partial charge >= 0.3 is 0 Å². The molecule has 24 heavy (non-hydrogen) atoms. The van der Waals surface area contributed by atoms with Crippen LogP contribution in [-0.4, -0.2) is 31.6 Å². The molecule has 1 N–H and O–H groups in total. The number of para-hydroxylation sites is 2. The first-order valence-corrected chi connectivity index (χ1v) is 7.95. The smallest absolute Gasteiger partial charge is 0.253 e. The van der Waals surface area contributed by atoms with Crippen molar-refractivity contribution in [2.75, 3.05) is 23.9 Å². The first-order chi connectivity index (χ1) is 11.7. The number of carbonyl (C=O) groups is 2. The van der Waals surface area contributed by atoms with Gasteiger partial charge in [-0.15, -0.1) is 0 Å². The Morgan fingerprint density at radius 2 is 1.83 bits per heavy atom. The number of nitrogens with one attached hydrogen (secondary N) is 1. The van der Waals surface area contributed by atoms with E-state index in [0.717, 1.165) is 23.4 Å². The van der Waals surface area contributed by atoms with E-state index in [-0.39, 0.29) is 18.4 Å². The Hall–Kier alpha value is -2.66. The molecule has 2 aromatic rings. The Balaban J connectivity index is 1.88. The number of fused-ring (bicyclic) bond motifs is 1. The number of hydrogen-bond donors (Lipinski definition) is 1. The number of nitrogens with zero attached hydrogens (tertiary/aromatic N) is 1. The summed E-state index contributed by atoms with van der Waals surface area (Å²) in [7, 11) is 1.48. The van der Waals surface area contributed by atoms with E-state index in [1.807, 2.05) is 54.6 Å². The topological polar surface area (TPSA) is 58.6 Å². The first-order valence-electron chi connectivity index (χ1n) is 7.95. The van der Waals surface area contributed by atoms with Crippen LogP contribution in [0, 0.1) is 0 Å². The summed E-state index contributed by atoms with van der Waals surface area (Å²) in [5, 5.41) is 2.90. The van der Waals surface area contributed by atoms with Gasteiger partial charge in [-0.1, -0.05) is 36.4 Å². The SMILES string of the molecule is COCC(=O)N1c2ccccc2CC[C@H]1C(=O)Nc1ccccc1. The highest BCUT2D eigenvalue weighted by atomic mass is 16.5. The van der Waals surface area contributed by atoms with Gasteiger partial charge < -0.3 is 10.1 Å². The van der Waals surface area contributed by atoms with Crippen molar-refractivity contribution in [3.8, 4) is 0 Å². The predicted molar refractivity (Wildman–Crippen MR) is 93.0 cm³/mol. The van der Waals surface area contributed by atoms with Crippen molar-refractivity contribution in [3.63, 3.8) is 0 Å². The van der Waals surface area contributed by atoms with Gasteiger partial charge in [-0.25, -0.2) is 0 Å². The highest BCUT2D eigenvalue weighted by molar-refractivity contribution is 6.06. The van der Waals surface area contributed by atoms with Gasteiger partial charge in [0.25, 0.3) is 5.91 Å². The molecule has 2 aromatic carbocycles. The zero-order valence-electron chi connectivity index (χ0n) is 13.6. The predicted octanol–water partition coefficient (Wildman–Crippen LogP) is 2.62. The molecule has 0 unspecified atom stereocenters. The summed E-state index contributed by atoms with van der Waals surface area (Å²) in [5.41, 5.74) is 2.59. The maximum Gasteiger partial charge on any atom is 0.253 e. The standard InChI is InChI=1S/C19H20N2O3/c1-24-13-18(22)21-16-10-6-5-7-14(16)11-12-17(21)19(23)20-15-8-3-2-4-9-15/h2-10,17H,11-13H2,1H3,(H,20,23)/t17-/m0/s1. The van der Waals surface area contributed by atoms with E-state index < -0.39 is 6.04 Å². The number of amides is 2. The highest BCUT2D eigenvalue weighted by Crippen LogP contribution is 2.31. The Morgan fingerprint density at radius 1 is 1.12 bits per heavy atom. The summed E-state index contributed by atoms with van der Waals surface area (Å²) in [6.45, 7) is -0.0521. The second-order valence-corrected chi connectivity index (χ2v) is 5.74. The lowest BCUT2D eigenvalue weighted by Crippen LogP contribution is -2.51. The molecule has 0 aliphatic carbocycles. The maximum absolute atomic E-state index is 12.8. The summed E-state index contributed by atoms with van der Waals surface area (Å²) in [6.07, 6.45) is 1.35. The van der Waals surface area contributed by atoms with Crippen molar-refractivity contribution in [2.24, 2.45) is 0 Å². The van der Waals surface area contributed by atoms with Gasteiger partial charge in [-0.3, -0.25) is 14.5 Å². The van der Waals surface area contributed by atoms with Crippen LogP contribution in [0.1, 0.15) is 12.0 Å². The number of ether oxygens (including phenoxy) is 1. The molecule has 0 saturated heterocycles. The number of aryl methyl sites for hydroxylation is 1. The summed E-state index contributed by atoms with van der Waals surface area (Å²) >= 11 is 0. The van der Waals surface area contributed by atoms with Gasteiger partial charge in [0, 0.05) is 18.5 Å². The Bertz CT molecular complexity index is 730. The molecule has 3 rings (SSSR count). The van der Waals surface area contributed by atoms with E-state index in [9.17, 15) is 9.59 Å². The lowest BCUT2D eigenvalue weighted by molar-refractivity contribution is -0.126. The Kier molecular flexibility index (Phi) is 4.91. The minimum Gasteiger partial charge on any atom is -0.375 e. The third-order valence-electron chi connectivity index (χ3n) is 4.13. The minimum absolute atomic E-state index is 0.0521. The van der Waals surface area contributed by atoms with Gasteiger partial charge in [-0.2, -0.15) is 0 Å². The number of carbonyl (C=O) groups excluding carboxylic acids is 2. The molecule has 0 fully saturated rings. The highest BCUT2D eigenvalue weighted by Gasteiger charge is 2.35. The van der Waals surface area contributed by atoms with Gasteiger partial charge in [0.15, 0.2) is 0 Å². The molecule has 5 heteroatoms. The van der Waals surface area contributed by atoms with Gasteiger partial charge in [0.2, 0.25) is 5.91 Å². The molecule has 5 nitrogen and oxygen atoms in total. The number of methoxy groups -OCH3 is 1. The fraction of sp³-hybridized carbons (Fsp3) is 0.263. The third-order valence-corrected chi connectivity index (χ3v) is 4.13. The normalized spacial score (nSPS) is 16.4. The number of benzene rings is 2. The van der Waals surface area contributed by atoms with Crippen molar-refractivity contribution >= 4 is 23.2 Å². The van der Waals surface area contributed by atoms with Crippen LogP contribution in [0.25, 0.3) is 0 Å². The van der Waals surface area contributed by atoms with Crippen molar-refractivity contribution in [1.29, 1.82) is 0 Å². The summed E-state index contributed by atoms with van der Waals surface area (Å²) in [5.74, 6) is -0.391. The molecule has 0 aromatic heterocycles. The van der Waals surface area contributed by atoms with Crippen LogP contribution in [0.5, 0.6) is 0 Å². The summed E-state index contributed by atoms with van der Waals surface area (Å²) in [4.78, 5) is 26.9. The number of rotatable bonds is 4. The van der Waals surface area contributed by atoms with Crippen LogP contribution in [0.2, 0.25) is 0 Å². The van der Waals surface area contributed by atoms with E-state index in [1.54, 1.807) is 4.90 Å². The molecular weight excluding hydrogens is 304 g/mol. The Labute approximate surface area is 141 Å². The molecule has 2 amide bonds. The number of hydrogen-bond acceptors (Lipinski definition) is 3. The molecule has 0 saturated carbocycles. The second kappa shape index (κ2) is 7.27. The maximum atomic E-state index is 12.8. The van der Waals surface area contributed by atoms with Gasteiger partial charge in [0.1, 0.15) is 12.6 Å². The van der Waals surface area contributed by atoms with Crippen LogP contribution in [0.3, 0.4) is 0 Å². The van der Waals surface area contributed by atoms with Crippen LogP contribution < -0.4 is 10.2 Å². The van der Waals surface area contributed by atoms with E-state index in [0.29, 0.717) is 6.42 Å². The van der Waals surface area contributed by atoms with Crippen LogP contribution in [0.4, 0.5) is 11.4 Å². The molecule has 1 aliphatic heterocycles. The van der Waals surface area contributed by atoms with Crippen molar-refractivity contribution in [1.82, 2.24) is 0 Å². The molecule has 1 aliphatic rings. The van der Waals surface area contributed by atoms with E-state index >= 15 is 0 Å². The fourth-order valence-electron chi connectivity index (χ4n) is 3.04. The lowest BCUT2D eigenvalue weighted by Gasteiger charge is -2.36. The molecule has 0 spiro atoms. The zero-order valence-corrected chi connectivity index (χ0v) is 13.6. The van der Waals surface area contributed by atoms with Gasteiger partial charge in [-0.05, 0) is 36.6 Å². The second-order valence-electron chi connectivity index (χ2n) is 5.74. The fourth-order valence-corrected chi connectivity index (χ4v) is 3.04. The Morgan fingerprint density at radius 3 is 2.58 bits per heavy atom. The van der Waals surface area contributed by atoms with Crippen molar-refractivity contribution in [3.05, 3.63) is 60.2 Å². The largest absolute Gasteiger partial charge is 0.375 e. The zero-order chi connectivity index (χ0) is 16.9. The average molecular weight is 324 g/mol. The van der Waals surface area contributed by atoms with Gasteiger partial charge in [0.05, 0.1) is 0 Å². The molecule has 1 heterocycles. The van der Waals surface area contributed by atoms with Crippen LogP contribution in [0.15, 0.2) is 54.6 Å². The average Bonchev–Trinajstić information content (AvgIpc) is 2.61. The van der Waals surface area contributed by atoms with E-state index in [4.69, 9.17) is 4.74 Å². The minimum atomic E-state index is -0.539. The monoisotopic (exact) mass is 324 g/mol. The summed E-state index contributed by atoms with van der Waals surface area (Å²) < 4.78 is 5.00. The van der Waals surface area contributed by atoms with Crippen molar-refractivity contribution in [2.45, 2.75) is 18.9 Å². The van der Waals surface area contributed by atoms with E-state index in [2.05, 4.69) is 5.32 Å².